The predicted octanol–water partition coefficient (Wildman–Crippen LogP) is 6.66. The summed E-state index contributed by atoms with van der Waals surface area (Å²) in [7, 11) is 0. The Morgan fingerprint density at radius 3 is 0.971 bits per heavy atom. The summed E-state index contributed by atoms with van der Waals surface area (Å²) in [6, 6.07) is 0. The van der Waals surface area contributed by atoms with Crippen LogP contribution in [0.1, 0.15) is 0 Å². The Kier molecular flexibility index (Phi) is 9.63. The molecule has 2 nitrogen and oxygen atoms in total. The van der Waals surface area contributed by atoms with Crippen molar-refractivity contribution in [2.75, 3.05) is 0 Å². The first-order valence-electron chi connectivity index (χ1n) is 6.72. The molecule has 23 heteroatoms. The molecule has 0 spiro atoms. The van der Waals surface area contributed by atoms with Gasteiger partial charge in [-0.1, -0.05) is 0 Å². The lowest BCUT2D eigenvalue weighted by Gasteiger charge is -2.31. The number of alkyl halides is 21. The van der Waals surface area contributed by atoms with Crippen molar-refractivity contribution in [3.05, 3.63) is 0 Å². The van der Waals surface area contributed by atoms with Crippen LogP contribution in [0.3, 0.4) is 0 Å². The van der Waals surface area contributed by atoms with Crippen molar-refractivity contribution < 1.29 is 97.4 Å². The van der Waals surface area contributed by atoms with E-state index in [-0.39, 0.29) is 0 Å². The standard InChI is InChI=1S/C6F12O.C5HBrF8O/c7-2(4(10,11)12,5(13,14)15)1(19)3(8,9)6(16,17)18;6-4(11,5(12,13)14)1(15)3(9,10)2(7)8/h;2H. The molecule has 1 atom stereocenters. The van der Waals surface area contributed by atoms with Crippen LogP contribution in [0.4, 0.5) is 87.8 Å². The van der Waals surface area contributed by atoms with Gasteiger partial charge in [-0.15, -0.1) is 0 Å². The summed E-state index contributed by atoms with van der Waals surface area (Å²) >= 11 is 1.02. The van der Waals surface area contributed by atoms with Gasteiger partial charge >= 0.3 is 53.2 Å². The van der Waals surface area contributed by atoms with Crippen LogP contribution in [-0.4, -0.2) is 64.8 Å². The van der Waals surface area contributed by atoms with Crippen molar-refractivity contribution in [2.24, 2.45) is 0 Å². The normalized spacial score (nSPS) is 16.5. The second-order valence-electron chi connectivity index (χ2n) is 5.38. The molecule has 0 aliphatic rings. The summed E-state index contributed by atoms with van der Waals surface area (Å²) < 4.78 is 231. The lowest BCUT2D eigenvalue weighted by molar-refractivity contribution is -0.342. The summed E-state index contributed by atoms with van der Waals surface area (Å²) in [5, 5.41) is 0. The minimum atomic E-state index is -7.34. The van der Waals surface area contributed by atoms with Crippen molar-refractivity contribution in [3.8, 4) is 0 Å². The third-order valence-electron chi connectivity index (χ3n) is 2.95. The van der Waals surface area contributed by atoms with Crippen molar-refractivity contribution in [3.63, 3.8) is 0 Å². The highest BCUT2D eigenvalue weighted by Crippen LogP contribution is 2.52. The van der Waals surface area contributed by atoms with Crippen LogP contribution in [-0.2, 0) is 9.59 Å². The zero-order valence-electron chi connectivity index (χ0n) is 14.3. The molecule has 204 valence electrons. The second-order valence-corrected chi connectivity index (χ2v) is 6.47. The Labute approximate surface area is 179 Å². The molecule has 0 bridgehead atoms. The van der Waals surface area contributed by atoms with E-state index in [4.69, 9.17) is 0 Å². The van der Waals surface area contributed by atoms with Crippen LogP contribution in [0, 0.1) is 0 Å². The number of Topliss-reactive ketones (excluding diaryl/α,β-unsaturated/α-hetero) is 2. The molecule has 34 heavy (non-hydrogen) atoms. The zero-order chi connectivity index (χ0) is 28.7. The molecule has 0 aromatic rings. The van der Waals surface area contributed by atoms with Gasteiger partial charge in [-0.05, 0) is 15.9 Å². The first-order valence-corrected chi connectivity index (χ1v) is 7.52. The topological polar surface area (TPSA) is 34.1 Å². The minimum Gasteiger partial charge on any atom is -0.288 e. The third kappa shape index (κ3) is 6.34. The Morgan fingerprint density at radius 1 is 0.500 bits per heavy atom. The van der Waals surface area contributed by atoms with E-state index < -0.39 is 64.8 Å². The molecule has 0 aromatic carbocycles. The van der Waals surface area contributed by atoms with E-state index in [2.05, 4.69) is 0 Å². The molecule has 0 N–H and O–H groups in total. The van der Waals surface area contributed by atoms with E-state index in [0.29, 0.717) is 0 Å². The fourth-order valence-electron chi connectivity index (χ4n) is 1.20. The highest BCUT2D eigenvalue weighted by Gasteiger charge is 2.84. The van der Waals surface area contributed by atoms with Gasteiger partial charge in [0.15, 0.2) is 0 Å². The molecule has 0 saturated heterocycles. The molecule has 0 radical (unpaired) electrons. The van der Waals surface area contributed by atoms with Crippen LogP contribution in [0.25, 0.3) is 0 Å². The van der Waals surface area contributed by atoms with Crippen molar-refractivity contribution >= 4 is 27.5 Å². The molecule has 0 aliphatic carbocycles. The number of carbonyl (C=O) groups is 2. The lowest BCUT2D eigenvalue weighted by Crippen LogP contribution is -2.66. The summed E-state index contributed by atoms with van der Waals surface area (Å²) in [5.41, 5.74) is -7.33. The Balaban J connectivity index is 0. The van der Waals surface area contributed by atoms with E-state index in [1.165, 1.54) is 0 Å². The summed E-state index contributed by atoms with van der Waals surface area (Å²) in [6.45, 7) is 0. The molecule has 1 unspecified atom stereocenters. The van der Waals surface area contributed by atoms with Crippen LogP contribution in [0.5, 0.6) is 0 Å². The van der Waals surface area contributed by atoms with E-state index in [9.17, 15) is 97.4 Å². The molecular weight excluding hydrogens is 624 g/mol. The SMILES string of the molecule is O=C(C(F)(F)C(F)(F)F)C(F)(C(F)(F)F)C(F)(F)F.O=C(C(F)(F)C(F)F)C(F)(Br)C(F)(F)F. The van der Waals surface area contributed by atoms with Crippen LogP contribution >= 0.6 is 15.9 Å². The molecule has 0 saturated carbocycles. The highest BCUT2D eigenvalue weighted by atomic mass is 79.9. The maximum absolute atomic E-state index is 12.6. The maximum Gasteiger partial charge on any atom is 0.461 e. The molecule has 0 aromatic heterocycles. The molecule has 0 rings (SSSR count). The van der Waals surface area contributed by atoms with E-state index in [0.717, 1.165) is 15.9 Å². The number of hydrogen-bond acceptors (Lipinski definition) is 2. The van der Waals surface area contributed by atoms with Gasteiger partial charge in [0.1, 0.15) is 0 Å². The second kappa shape index (κ2) is 9.47. The Hall–Kier alpha value is -1.58. The largest absolute Gasteiger partial charge is 0.461 e. The third-order valence-corrected chi connectivity index (χ3v) is 3.76. The van der Waals surface area contributed by atoms with E-state index >= 15 is 0 Å². The van der Waals surface area contributed by atoms with E-state index in [1.807, 2.05) is 0 Å². The molecular formula is C11HBrF20O2. The quantitative estimate of drug-likeness (QED) is 0.253. The Morgan fingerprint density at radius 2 is 0.794 bits per heavy atom. The minimum absolute atomic E-state index is 1.02. The van der Waals surface area contributed by atoms with Gasteiger partial charge in [0.25, 0.3) is 11.6 Å². The van der Waals surface area contributed by atoms with Crippen LogP contribution in [0.2, 0.25) is 0 Å². The average Bonchev–Trinajstić information content (AvgIpc) is 2.55. The maximum atomic E-state index is 12.6. The number of halogens is 21. The smallest absolute Gasteiger partial charge is 0.288 e. The molecule has 0 fully saturated rings. The Bertz CT molecular complexity index is 724. The number of ketones is 2. The van der Waals surface area contributed by atoms with Gasteiger partial charge in [-0.3, -0.25) is 9.59 Å². The number of rotatable bonds is 5. The van der Waals surface area contributed by atoms with Crippen molar-refractivity contribution in [2.45, 2.75) is 53.2 Å². The van der Waals surface area contributed by atoms with Gasteiger partial charge in [0, 0.05) is 0 Å². The summed E-state index contributed by atoms with van der Waals surface area (Å²) in [5.74, 6) is -21.5. The van der Waals surface area contributed by atoms with Crippen LogP contribution < -0.4 is 0 Å². The van der Waals surface area contributed by atoms with Crippen molar-refractivity contribution in [1.29, 1.82) is 0 Å². The fraction of sp³-hybridized carbons (Fsp3) is 0.818. The number of hydrogen-bond donors (Lipinski definition) is 0. The van der Waals surface area contributed by atoms with Gasteiger partial charge < -0.3 is 0 Å². The van der Waals surface area contributed by atoms with Gasteiger partial charge in [0.2, 0.25) is 0 Å². The fourth-order valence-corrected chi connectivity index (χ4v) is 1.46. The summed E-state index contributed by atoms with van der Waals surface area (Å²) in [6.07, 6.45) is -32.6. The first kappa shape index (κ1) is 34.6. The molecule has 0 aliphatic heterocycles. The monoisotopic (exact) mass is 624 g/mol. The summed E-state index contributed by atoms with van der Waals surface area (Å²) in [4.78, 5) is 20.3. The predicted molar refractivity (Wildman–Crippen MR) is 66.7 cm³/mol. The molecule has 0 heterocycles. The van der Waals surface area contributed by atoms with Gasteiger partial charge in [-0.25, -0.2) is 17.6 Å². The first-order chi connectivity index (χ1) is 14.3. The van der Waals surface area contributed by atoms with Gasteiger partial charge in [0.05, 0.1) is 0 Å². The zero-order valence-corrected chi connectivity index (χ0v) is 15.9. The van der Waals surface area contributed by atoms with Gasteiger partial charge in [-0.2, -0.15) is 70.2 Å². The molecule has 0 amide bonds. The lowest BCUT2D eigenvalue weighted by atomic mass is 9.93. The van der Waals surface area contributed by atoms with E-state index in [1.54, 1.807) is 0 Å². The average molecular weight is 625 g/mol. The van der Waals surface area contributed by atoms with Crippen LogP contribution in [0.15, 0.2) is 0 Å². The highest BCUT2D eigenvalue weighted by molar-refractivity contribution is 9.10. The van der Waals surface area contributed by atoms with Crippen molar-refractivity contribution in [1.82, 2.24) is 0 Å². The number of carbonyl (C=O) groups excluding carboxylic acids is 2.